The number of thiophene rings is 1. The first-order chi connectivity index (χ1) is 9.67. The van der Waals surface area contributed by atoms with Gasteiger partial charge in [-0.05, 0) is 23.9 Å². The maximum absolute atomic E-state index is 11.2. The second-order valence-corrected chi connectivity index (χ2v) is 5.55. The first kappa shape index (κ1) is 12.8. The summed E-state index contributed by atoms with van der Waals surface area (Å²) in [5.41, 5.74) is 8.50. The van der Waals surface area contributed by atoms with E-state index in [2.05, 4.69) is 28.7 Å². The molecular weight excluding hydrogens is 274 g/mol. The average Bonchev–Trinajstić information content (AvgIpc) is 3.04. The van der Waals surface area contributed by atoms with Crippen molar-refractivity contribution in [2.45, 2.75) is 19.4 Å². The van der Waals surface area contributed by atoms with E-state index in [-0.39, 0.29) is 6.04 Å². The molecule has 0 radical (unpaired) electrons. The Morgan fingerprint density at radius 3 is 3.05 bits per heavy atom. The van der Waals surface area contributed by atoms with Gasteiger partial charge in [0.25, 0.3) is 0 Å². The molecule has 3 rings (SSSR count). The zero-order valence-electron chi connectivity index (χ0n) is 11.0. The van der Waals surface area contributed by atoms with Gasteiger partial charge >= 0.3 is 5.76 Å². The largest absolute Gasteiger partial charge is 0.417 e. The van der Waals surface area contributed by atoms with Crippen molar-refractivity contribution in [3.8, 4) is 0 Å². The Labute approximate surface area is 119 Å². The highest BCUT2D eigenvalue weighted by atomic mass is 32.1. The number of nitrogen functional groups attached to an aromatic ring is 1. The van der Waals surface area contributed by atoms with E-state index in [4.69, 9.17) is 10.2 Å². The lowest BCUT2D eigenvalue weighted by molar-refractivity contribution is 0.555. The molecule has 0 aliphatic heterocycles. The molecule has 4 N–H and O–H groups in total. The summed E-state index contributed by atoms with van der Waals surface area (Å²) in [4.78, 5) is 15.1. The molecular formula is C14H15N3O2S. The van der Waals surface area contributed by atoms with Gasteiger partial charge in [0.15, 0.2) is 5.58 Å². The molecule has 1 aromatic carbocycles. The molecule has 2 heterocycles. The predicted octanol–water partition coefficient (Wildman–Crippen LogP) is 3.33. The summed E-state index contributed by atoms with van der Waals surface area (Å²) < 4.78 is 4.99. The molecule has 2 aromatic heterocycles. The van der Waals surface area contributed by atoms with Crippen LogP contribution in [0.3, 0.4) is 0 Å². The Morgan fingerprint density at radius 2 is 2.35 bits per heavy atom. The molecule has 104 valence electrons. The zero-order chi connectivity index (χ0) is 14.1. The van der Waals surface area contributed by atoms with Crippen molar-refractivity contribution < 1.29 is 4.42 Å². The number of aromatic nitrogens is 1. The molecule has 0 bridgehead atoms. The van der Waals surface area contributed by atoms with Gasteiger partial charge in [-0.1, -0.05) is 13.0 Å². The Bertz CT molecular complexity index is 773. The lowest BCUT2D eigenvalue weighted by atomic mass is 10.1. The number of fused-ring (bicyclic) bond motifs is 1. The Balaban J connectivity index is 1.97. The van der Waals surface area contributed by atoms with Crippen LogP contribution in [0.15, 0.2) is 38.9 Å². The maximum atomic E-state index is 11.2. The third kappa shape index (κ3) is 2.30. The van der Waals surface area contributed by atoms with Crippen molar-refractivity contribution in [3.63, 3.8) is 0 Å². The molecule has 0 aliphatic rings. The Hall–Kier alpha value is -2.21. The summed E-state index contributed by atoms with van der Waals surface area (Å²) in [7, 11) is 0. The highest BCUT2D eigenvalue weighted by Crippen LogP contribution is 2.31. The first-order valence-corrected chi connectivity index (χ1v) is 7.27. The van der Waals surface area contributed by atoms with Gasteiger partial charge in [0.05, 0.1) is 22.9 Å². The Kier molecular flexibility index (Phi) is 3.23. The highest BCUT2D eigenvalue weighted by Gasteiger charge is 2.13. The quantitative estimate of drug-likeness (QED) is 0.643. The van der Waals surface area contributed by atoms with E-state index in [1.807, 2.05) is 12.1 Å². The maximum Gasteiger partial charge on any atom is 0.417 e. The smallest absolute Gasteiger partial charge is 0.408 e. The minimum Gasteiger partial charge on any atom is -0.408 e. The van der Waals surface area contributed by atoms with Crippen LogP contribution < -0.4 is 16.8 Å². The lowest BCUT2D eigenvalue weighted by Gasteiger charge is -2.18. The number of H-pyrrole nitrogens is 1. The van der Waals surface area contributed by atoms with Crippen molar-refractivity contribution in [2.24, 2.45) is 0 Å². The average molecular weight is 289 g/mol. The highest BCUT2D eigenvalue weighted by molar-refractivity contribution is 7.10. The van der Waals surface area contributed by atoms with Crippen LogP contribution >= 0.6 is 11.3 Å². The van der Waals surface area contributed by atoms with Crippen molar-refractivity contribution in [3.05, 3.63) is 45.1 Å². The van der Waals surface area contributed by atoms with Crippen LogP contribution in [-0.2, 0) is 0 Å². The molecule has 0 fully saturated rings. The minimum absolute atomic E-state index is 0.202. The number of rotatable bonds is 4. The third-order valence-electron chi connectivity index (χ3n) is 3.22. The second-order valence-electron chi connectivity index (χ2n) is 4.57. The number of nitrogens with one attached hydrogen (secondary N) is 2. The van der Waals surface area contributed by atoms with Crippen LogP contribution in [0.1, 0.15) is 24.3 Å². The van der Waals surface area contributed by atoms with E-state index < -0.39 is 5.76 Å². The van der Waals surface area contributed by atoms with Crippen LogP contribution in [0.25, 0.3) is 11.1 Å². The summed E-state index contributed by atoms with van der Waals surface area (Å²) in [5, 5.41) is 5.48. The molecule has 0 aliphatic carbocycles. The van der Waals surface area contributed by atoms with E-state index in [9.17, 15) is 4.79 Å². The summed E-state index contributed by atoms with van der Waals surface area (Å²) in [5.74, 6) is -0.471. The van der Waals surface area contributed by atoms with Crippen LogP contribution in [0.2, 0.25) is 0 Å². The number of hydrogen-bond acceptors (Lipinski definition) is 5. The Morgan fingerprint density at radius 1 is 1.50 bits per heavy atom. The second kappa shape index (κ2) is 5.05. The molecule has 5 nitrogen and oxygen atoms in total. The van der Waals surface area contributed by atoms with Crippen molar-refractivity contribution in [1.29, 1.82) is 0 Å². The van der Waals surface area contributed by atoms with Crippen molar-refractivity contribution in [2.75, 3.05) is 11.1 Å². The van der Waals surface area contributed by atoms with E-state index >= 15 is 0 Å². The van der Waals surface area contributed by atoms with Gasteiger partial charge in [0.1, 0.15) is 0 Å². The monoisotopic (exact) mass is 289 g/mol. The fraction of sp³-hybridized carbons (Fsp3) is 0.214. The fourth-order valence-electron chi connectivity index (χ4n) is 2.19. The summed E-state index contributed by atoms with van der Waals surface area (Å²) in [6.07, 6.45) is 0.944. The molecule has 1 unspecified atom stereocenters. The van der Waals surface area contributed by atoms with Crippen LogP contribution in [-0.4, -0.2) is 4.98 Å². The normalized spacial score (nSPS) is 12.7. The number of anilines is 2. The van der Waals surface area contributed by atoms with E-state index in [0.717, 1.165) is 12.1 Å². The number of aromatic amines is 1. The van der Waals surface area contributed by atoms with Crippen molar-refractivity contribution >= 4 is 33.8 Å². The lowest BCUT2D eigenvalue weighted by Crippen LogP contribution is -2.09. The van der Waals surface area contributed by atoms with Gasteiger partial charge in [0, 0.05) is 10.9 Å². The van der Waals surface area contributed by atoms with Crippen molar-refractivity contribution in [1.82, 2.24) is 4.98 Å². The van der Waals surface area contributed by atoms with Gasteiger partial charge in [-0.2, -0.15) is 0 Å². The number of benzene rings is 1. The standard InChI is InChI=1S/C14H15N3O2S/c1-2-9(13-4-3-5-20-13)16-10-7-11-12(6-8(10)15)19-14(18)17-11/h3-7,9,16H,2,15H2,1H3,(H,17,18). The molecule has 20 heavy (non-hydrogen) atoms. The summed E-state index contributed by atoms with van der Waals surface area (Å²) in [6.45, 7) is 2.12. The third-order valence-corrected chi connectivity index (χ3v) is 4.20. The molecule has 0 saturated heterocycles. The number of oxazole rings is 1. The summed E-state index contributed by atoms with van der Waals surface area (Å²) >= 11 is 1.71. The minimum atomic E-state index is -0.471. The van der Waals surface area contributed by atoms with Gasteiger partial charge in [-0.25, -0.2) is 4.79 Å². The molecule has 0 spiro atoms. The fourth-order valence-corrected chi connectivity index (χ4v) is 3.05. The molecule has 0 saturated carbocycles. The SMILES string of the molecule is CCC(Nc1cc2[nH]c(=O)oc2cc1N)c1cccs1. The van der Waals surface area contributed by atoms with Crippen LogP contribution in [0.5, 0.6) is 0 Å². The van der Waals surface area contributed by atoms with E-state index in [1.165, 1.54) is 4.88 Å². The molecule has 1 atom stereocenters. The van der Waals surface area contributed by atoms with Gasteiger partial charge in [-0.15, -0.1) is 11.3 Å². The summed E-state index contributed by atoms with van der Waals surface area (Å²) in [6, 6.07) is 7.81. The van der Waals surface area contributed by atoms with Gasteiger partial charge < -0.3 is 15.5 Å². The molecule has 6 heteroatoms. The van der Waals surface area contributed by atoms with Gasteiger partial charge in [-0.3, -0.25) is 4.98 Å². The predicted molar refractivity (Wildman–Crippen MR) is 82.2 cm³/mol. The number of nitrogens with two attached hydrogens (primary N) is 1. The topological polar surface area (TPSA) is 84.0 Å². The first-order valence-electron chi connectivity index (χ1n) is 6.39. The van der Waals surface area contributed by atoms with Gasteiger partial charge in [0.2, 0.25) is 0 Å². The number of hydrogen-bond donors (Lipinski definition) is 3. The zero-order valence-corrected chi connectivity index (χ0v) is 11.8. The van der Waals surface area contributed by atoms with Crippen LogP contribution in [0.4, 0.5) is 11.4 Å². The van der Waals surface area contributed by atoms with Crippen LogP contribution in [0, 0.1) is 0 Å². The molecule has 0 amide bonds. The molecule has 3 aromatic rings. The van der Waals surface area contributed by atoms with E-state index in [1.54, 1.807) is 17.4 Å². The van der Waals surface area contributed by atoms with E-state index in [0.29, 0.717) is 16.8 Å².